The standard InChI is InChI=1S/C14H15NO3/c1-10-12(4-5-15-10)8-16-7-11-2-3-13-14(6-11)18-9-17-13/h2-6,15H,7-9H2,1H3. The van der Waals surface area contributed by atoms with Crippen molar-refractivity contribution in [3.63, 3.8) is 0 Å². The molecule has 4 nitrogen and oxygen atoms in total. The zero-order chi connectivity index (χ0) is 12.4. The van der Waals surface area contributed by atoms with E-state index < -0.39 is 0 Å². The zero-order valence-electron chi connectivity index (χ0n) is 10.2. The third-order valence-electron chi connectivity index (χ3n) is 3.03. The van der Waals surface area contributed by atoms with Crippen molar-refractivity contribution in [2.24, 2.45) is 0 Å². The third kappa shape index (κ3) is 2.19. The van der Waals surface area contributed by atoms with Gasteiger partial charge in [0.05, 0.1) is 13.2 Å². The second-order valence-corrected chi connectivity index (χ2v) is 4.31. The summed E-state index contributed by atoms with van der Waals surface area (Å²) < 4.78 is 16.3. The summed E-state index contributed by atoms with van der Waals surface area (Å²) in [7, 11) is 0. The van der Waals surface area contributed by atoms with Crippen LogP contribution in [0.25, 0.3) is 0 Å². The number of nitrogens with one attached hydrogen (secondary N) is 1. The predicted molar refractivity (Wildman–Crippen MR) is 66.6 cm³/mol. The maximum Gasteiger partial charge on any atom is 0.231 e. The van der Waals surface area contributed by atoms with Gasteiger partial charge in [-0.3, -0.25) is 0 Å². The minimum atomic E-state index is 0.308. The van der Waals surface area contributed by atoms with Gasteiger partial charge in [0, 0.05) is 11.9 Å². The number of hydrogen-bond donors (Lipinski definition) is 1. The fourth-order valence-electron chi connectivity index (χ4n) is 1.95. The summed E-state index contributed by atoms with van der Waals surface area (Å²) in [6.45, 7) is 3.53. The molecular weight excluding hydrogens is 230 g/mol. The smallest absolute Gasteiger partial charge is 0.231 e. The van der Waals surface area contributed by atoms with Crippen LogP contribution in [0.4, 0.5) is 0 Å². The van der Waals surface area contributed by atoms with E-state index in [0.717, 1.165) is 22.8 Å². The highest BCUT2D eigenvalue weighted by atomic mass is 16.7. The Morgan fingerprint density at radius 2 is 2.06 bits per heavy atom. The molecule has 0 spiro atoms. The second kappa shape index (κ2) is 4.74. The summed E-state index contributed by atoms with van der Waals surface area (Å²) in [5.41, 5.74) is 3.43. The summed E-state index contributed by atoms with van der Waals surface area (Å²) in [5.74, 6) is 1.61. The van der Waals surface area contributed by atoms with Gasteiger partial charge in [-0.2, -0.15) is 0 Å². The highest BCUT2D eigenvalue weighted by Gasteiger charge is 2.13. The molecule has 0 amide bonds. The van der Waals surface area contributed by atoms with Gasteiger partial charge in [0.2, 0.25) is 6.79 Å². The molecule has 18 heavy (non-hydrogen) atoms. The first-order valence-corrected chi connectivity index (χ1v) is 5.92. The van der Waals surface area contributed by atoms with Gasteiger partial charge in [0.1, 0.15) is 0 Å². The molecule has 4 heteroatoms. The molecule has 3 rings (SSSR count). The number of ether oxygens (including phenoxy) is 3. The number of rotatable bonds is 4. The van der Waals surface area contributed by atoms with E-state index in [1.807, 2.05) is 37.4 Å². The summed E-state index contributed by atoms with van der Waals surface area (Å²) in [4.78, 5) is 3.13. The maximum absolute atomic E-state index is 5.69. The molecule has 94 valence electrons. The van der Waals surface area contributed by atoms with Crippen LogP contribution in [0.15, 0.2) is 30.5 Å². The monoisotopic (exact) mass is 245 g/mol. The Balaban J connectivity index is 1.59. The van der Waals surface area contributed by atoms with E-state index in [4.69, 9.17) is 14.2 Å². The van der Waals surface area contributed by atoms with Crippen molar-refractivity contribution in [2.75, 3.05) is 6.79 Å². The summed E-state index contributed by atoms with van der Waals surface area (Å²) in [6, 6.07) is 7.92. The molecule has 0 radical (unpaired) electrons. The maximum atomic E-state index is 5.69. The van der Waals surface area contributed by atoms with Gasteiger partial charge >= 0.3 is 0 Å². The first kappa shape index (κ1) is 11.2. The minimum Gasteiger partial charge on any atom is -0.454 e. The fraction of sp³-hybridized carbons (Fsp3) is 0.286. The molecule has 1 aliphatic heterocycles. The lowest BCUT2D eigenvalue weighted by Gasteiger charge is -2.05. The summed E-state index contributed by atoms with van der Waals surface area (Å²) in [6.07, 6.45) is 1.93. The van der Waals surface area contributed by atoms with Crippen molar-refractivity contribution < 1.29 is 14.2 Å². The Morgan fingerprint density at radius 1 is 1.17 bits per heavy atom. The van der Waals surface area contributed by atoms with Crippen molar-refractivity contribution in [3.05, 3.63) is 47.3 Å². The fourth-order valence-corrected chi connectivity index (χ4v) is 1.95. The average molecular weight is 245 g/mol. The molecular formula is C14H15NO3. The van der Waals surface area contributed by atoms with Crippen molar-refractivity contribution in [3.8, 4) is 11.5 Å². The summed E-state index contributed by atoms with van der Waals surface area (Å²) >= 11 is 0. The van der Waals surface area contributed by atoms with Crippen molar-refractivity contribution >= 4 is 0 Å². The van der Waals surface area contributed by atoms with Crippen LogP contribution in [0.5, 0.6) is 11.5 Å². The molecule has 1 aliphatic rings. The Kier molecular flexibility index (Phi) is 2.94. The Bertz CT molecular complexity index is 548. The number of H-pyrrole nitrogens is 1. The number of aromatic nitrogens is 1. The van der Waals surface area contributed by atoms with Crippen LogP contribution in [0.3, 0.4) is 0 Å². The number of aromatic amines is 1. The molecule has 0 aliphatic carbocycles. The van der Waals surface area contributed by atoms with E-state index in [1.165, 1.54) is 5.56 Å². The van der Waals surface area contributed by atoms with Gasteiger partial charge in [-0.1, -0.05) is 6.07 Å². The number of hydrogen-bond acceptors (Lipinski definition) is 3. The lowest BCUT2D eigenvalue weighted by molar-refractivity contribution is 0.106. The predicted octanol–water partition coefficient (Wildman–Crippen LogP) is 2.77. The molecule has 2 heterocycles. The topological polar surface area (TPSA) is 43.5 Å². The molecule has 2 aromatic rings. The van der Waals surface area contributed by atoms with Crippen LogP contribution in [-0.2, 0) is 18.0 Å². The van der Waals surface area contributed by atoms with E-state index >= 15 is 0 Å². The number of benzene rings is 1. The van der Waals surface area contributed by atoms with E-state index in [-0.39, 0.29) is 0 Å². The zero-order valence-corrected chi connectivity index (χ0v) is 10.2. The lowest BCUT2D eigenvalue weighted by atomic mass is 10.2. The Labute approximate surface area is 105 Å². The molecule has 1 aromatic heterocycles. The molecule has 1 aromatic carbocycles. The van der Waals surface area contributed by atoms with Gasteiger partial charge in [0.25, 0.3) is 0 Å². The number of aryl methyl sites for hydroxylation is 1. The highest BCUT2D eigenvalue weighted by molar-refractivity contribution is 5.44. The van der Waals surface area contributed by atoms with Gasteiger partial charge in [-0.25, -0.2) is 0 Å². The van der Waals surface area contributed by atoms with Crippen LogP contribution in [0.1, 0.15) is 16.8 Å². The SMILES string of the molecule is Cc1[nH]ccc1COCc1ccc2c(c1)OCO2. The van der Waals surface area contributed by atoms with Crippen molar-refractivity contribution in [2.45, 2.75) is 20.1 Å². The summed E-state index contributed by atoms with van der Waals surface area (Å²) in [5, 5.41) is 0. The van der Waals surface area contributed by atoms with Crippen LogP contribution >= 0.6 is 0 Å². The molecule has 0 atom stereocenters. The van der Waals surface area contributed by atoms with E-state index in [9.17, 15) is 0 Å². The van der Waals surface area contributed by atoms with E-state index in [0.29, 0.717) is 20.0 Å². The average Bonchev–Trinajstić information content (AvgIpc) is 2.98. The first-order valence-electron chi connectivity index (χ1n) is 5.92. The van der Waals surface area contributed by atoms with Crippen LogP contribution in [0, 0.1) is 6.92 Å². The van der Waals surface area contributed by atoms with Crippen molar-refractivity contribution in [1.29, 1.82) is 0 Å². The third-order valence-corrected chi connectivity index (χ3v) is 3.03. The van der Waals surface area contributed by atoms with Gasteiger partial charge in [0.15, 0.2) is 11.5 Å². The quantitative estimate of drug-likeness (QED) is 0.900. The van der Waals surface area contributed by atoms with Crippen LogP contribution in [0.2, 0.25) is 0 Å². The largest absolute Gasteiger partial charge is 0.454 e. The van der Waals surface area contributed by atoms with Crippen LogP contribution in [-0.4, -0.2) is 11.8 Å². The Hall–Kier alpha value is -1.94. The molecule has 1 N–H and O–H groups in total. The molecule has 0 unspecified atom stereocenters. The lowest BCUT2D eigenvalue weighted by Crippen LogP contribution is -1.95. The number of fused-ring (bicyclic) bond motifs is 1. The van der Waals surface area contributed by atoms with Gasteiger partial charge in [-0.15, -0.1) is 0 Å². The van der Waals surface area contributed by atoms with E-state index in [1.54, 1.807) is 0 Å². The van der Waals surface area contributed by atoms with Crippen molar-refractivity contribution in [1.82, 2.24) is 4.98 Å². The minimum absolute atomic E-state index is 0.308. The second-order valence-electron chi connectivity index (χ2n) is 4.31. The highest BCUT2D eigenvalue weighted by Crippen LogP contribution is 2.32. The van der Waals surface area contributed by atoms with E-state index in [2.05, 4.69) is 4.98 Å². The molecule has 0 saturated carbocycles. The normalized spacial score (nSPS) is 12.9. The molecule has 0 saturated heterocycles. The van der Waals surface area contributed by atoms with Gasteiger partial charge < -0.3 is 19.2 Å². The van der Waals surface area contributed by atoms with Crippen LogP contribution < -0.4 is 9.47 Å². The molecule has 0 bridgehead atoms. The Morgan fingerprint density at radius 3 is 2.89 bits per heavy atom. The van der Waals surface area contributed by atoms with Gasteiger partial charge in [-0.05, 0) is 36.2 Å². The molecule has 0 fully saturated rings. The first-order chi connectivity index (χ1) is 8.83.